The third-order valence-corrected chi connectivity index (χ3v) is 3.43. The third-order valence-electron chi connectivity index (χ3n) is 2.94. The van der Waals surface area contributed by atoms with Gasteiger partial charge in [-0.15, -0.1) is 0 Å². The average Bonchev–Trinajstić information content (AvgIpc) is 2.29. The predicted octanol–water partition coefficient (Wildman–Crippen LogP) is 3.56. The number of halogens is 1. The summed E-state index contributed by atoms with van der Waals surface area (Å²) in [5, 5.41) is 0. The fraction of sp³-hybridized carbons (Fsp3) is 0.385. The van der Waals surface area contributed by atoms with Gasteiger partial charge >= 0.3 is 0 Å². The SMILES string of the molecule is CCN1CC=C(c2cccc(Br)c2)CC1. The summed E-state index contributed by atoms with van der Waals surface area (Å²) in [5.74, 6) is 0. The van der Waals surface area contributed by atoms with Crippen molar-refractivity contribution in [2.75, 3.05) is 19.6 Å². The van der Waals surface area contributed by atoms with Gasteiger partial charge in [0.2, 0.25) is 0 Å². The van der Waals surface area contributed by atoms with Gasteiger partial charge in [0.05, 0.1) is 0 Å². The molecule has 0 bridgehead atoms. The van der Waals surface area contributed by atoms with Crippen molar-refractivity contribution in [2.45, 2.75) is 13.3 Å². The second-order valence-electron chi connectivity index (χ2n) is 3.88. The van der Waals surface area contributed by atoms with Crippen LogP contribution in [-0.4, -0.2) is 24.5 Å². The predicted molar refractivity (Wildman–Crippen MR) is 68.9 cm³/mol. The van der Waals surface area contributed by atoms with Crippen molar-refractivity contribution >= 4 is 21.5 Å². The Balaban J connectivity index is 2.15. The Bertz CT molecular complexity index is 371. The van der Waals surface area contributed by atoms with Crippen molar-refractivity contribution < 1.29 is 0 Å². The first-order valence-electron chi connectivity index (χ1n) is 5.47. The van der Waals surface area contributed by atoms with E-state index in [9.17, 15) is 0 Å². The molecule has 0 N–H and O–H groups in total. The maximum atomic E-state index is 3.52. The zero-order valence-electron chi connectivity index (χ0n) is 9.04. The Morgan fingerprint density at radius 3 is 2.87 bits per heavy atom. The van der Waals surface area contributed by atoms with Gasteiger partial charge in [0, 0.05) is 17.6 Å². The van der Waals surface area contributed by atoms with Crippen LogP contribution in [0.15, 0.2) is 34.8 Å². The van der Waals surface area contributed by atoms with Gasteiger partial charge in [-0.1, -0.05) is 41.1 Å². The van der Waals surface area contributed by atoms with E-state index in [2.05, 4.69) is 58.1 Å². The van der Waals surface area contributed by atoms with Gasteiger partial charge in [0.25, 0.3) is 0 Å². The lowest BCUT2D eigenvalue weighted by atomic mass is 10.00. The molecule has 1 aliphatic heterocycles. The van der Waals surface area contributed by atoms with Gasteiger partial charge in [0.1, 0.15) is 0 Å². The number of rotatable bonds is 2. The van der Waals surface area contributed by atoms with E-state index in [0.717, 1.165) is 13.1 Å². The van der Waals surface area contributed by atoms with Crippen LogP contribution in [0.3, 0.4) is 0 Å². The highest BCUT2D eigenvalue weighted by atomic mass is 79.9. The maximum Gasteiger partial charge on any atom is 0.0181 e. The molecule has 0 radical (unpaired) electrons. The minimum absolute atomic E-state index is 1.10. The first kappa shape index (κ1) is 10.9. The fourth-order valence-electron chi connectivity index (χ4n) is 1.95. The van der Waals surface area contributed by atoms with E-state index in [1.165, 1.54) is 28.6 Å². The molecule has 0 amide bonds. The van der Waals surface area contributed by atoms with E-state index in [1.807, 2.05) is 0 Å². The molecule has 0 saturated carbocycles. The summed E-state index contributed by atoms with van der Waals surface area (Å²) in [5.41, 5.74) is 2.85. The molecule has 1 aromatic rings. The van der Waals surface area contributed by atoms with Crippen LogP contribution in [-0.2, 0) is 0 Å². The Morgan fingerprint density at radius 2 is 2.27 bits per heavy atom. The van der Waals surface area contributed by atoms with Crippen molar-refractivity contribution in [3.05, 3.63) is 40.4 Å². The normalized spacial score (nSPS) is 17.6. The number of likely N-dealkylation sites (N-methyl/N-ethyl adjacent to an activating group) is 1. The average molecular weight is 266 g/mol. The molecule has 0 fully saturated rings. The van der Waals surface area contributed by atoms with Crippen molar-refractivity contribution in [1.29, 1.82) is 0 Å². The van der Waals surface area contributed by atoms with E-state index < -0.39 is 0 Å². The van der Waals surface area contributed by atoms with Crippen LogP contribution in [0.4, 0.5) is 0 Å². The van der Waals surface area contributed by atoms with Gasteiger partial charge in [-0.25, -0.2) is 0 Å². The van der Waals surface area contributed by atoms with Crippen LogP contribution in [0.2, 0.25) is 0 Å². The van der Waals surface area contributed by atoms with Crippen molar-refractivity contribution in [1.82, 2.24) is 4.90 Å². The molecule has 0 aliphatic carbocycles. The molecule has 0 atom stereocenters. The minimum atomic E-state index is 1.10. The first-order valence-corrected chi connectivity index (χ1v) is 6.26. The van der Waals surface area contributed by atoms with Crippen LogP contribution in [0.25, 0.3) is 5.57 Å². The lowest BCUT2D eigenvalue weighted by Gasteiger charge is -2.24. The van der Waals surface area contributed by atoms with Crippen LogP contribution in [0.5, 0.6) is 0 Å². The van der Waals surface area contributed by atoms with Crippen molar-refractivity contribution in [2.24, 2.45) is 0 Å². The van der Waals surface area contributed by atoms with Gasteiger partial charge in [-0.2, -0.15) is 0 Å². The van der Waals surface area contributed by atoms with Gasteiger partial charge in [-0.05, 0) is 36.2 Å². The molecule has 2 rings (SSSR count). The Morgan fingerprint density at radius 1 is 1.40 bits per heavy atom. The smallest absolute Gasteiger partial charge is 0.0181 e. The largest absolute Gasteiger partial charge is 0.300 e. The van der Waals surface area contributed by atoms with E-state index in [4.69, 9.17) is 0 Å². The van der Waals surface area contributed by atoms with E-state index in [0.29, 0.717) is 0 Å². The maximum absolute atomic E-state index is 3.52. The Labute approximate surface area is 99.9 Å². The number of hydrogen-bond acceptors (Lipinski definition) is 1. The Kier molecular flexibility index (Phi) is 3.60. The molecular formula is C13H16BrN. The molecule has 1 nitrogen and oxygen atoms in total. The van der Waals surface area contributed by atoms with Crippen LogP contribution in [0, 0.1) is 0 Å². The first-order chi connectivity index (χ1) is 7.29. The molecule has 0 aromatic heterocycles. The fourth-order valence-corrected chi connectivity index (χ4v) is 2.35. The molecule has 0 unspecified atom stereocenters. The summed E-state index contributed by atoms with van der Waals surface area (Å²) in [6.07, 6.45) is 3.53. The van der Waals surface area contributed by atoms with Gasteiger partial charge in [0.15, 0.2) is 0 Å². The lowest BCUT2D eigenvalue weighted by Crippen LogP contribution is -2.27. The molecule has 1 heterocycles. The van der Waals surface area contributed by atoms with Crippen LogP contribution < -0.4 is 0 Å². The zero-order valence-corrected chi connectivity index (χ0v) is 10.6. The topological polar surface area (TPSA) is 3.24 Å². The summed E-state index contributed by atoms with van der Waals surface area (Å²) in [7, 11) is 0. The number of benzene rings is 1. The highest BCUT2D eigenvalue weighted by Gasteiger charge is 2.10. The Hall–Kier alpha value is -0.600. The van der Waals surface area contributed by atoms with Crippen LogP contribution >= 0.6 is 15.9 Å². The molecule has 15 heavy (non-hydrogen) atoms. The van der Waals surface area contributed by atoms with Crippen molar-refractivity contribution in [3.8, 4) is 0 Å². The second kappa shape index (κ2) is 4.95. The molecule has 1 aliphatic rings. The highest BCUT2D eigenvalue weighted by molar-refractivity contribution is 9.10. The zero-order chi connectivity index (χ0) is 10.7. The van der Waals surface area contributed by atoms with E-state index in [1.54, 1.807) is 0 Å². The molecule has 80 valence electrons. The summed E-state index contributed by atoms with van der Waals surface area (Å²) in [4.78, 5) is 2.46. The molecular weight excluding hydrogens is 250 g/mol. The summed E-state index contributed by atoms with van der Waals surface area (Å²) < 4.78 is 1.17. The lowest BCUT2D eigenvalue weighted by molar-refractivity contribution is 0.319. The van der Waals surface area contributed by atoms with Gasteiger partial charge in [-0.3, -0.25) is 4.90 Å². The standard InChI is InChI=1S/C13H16BrN/c1-2-15-8-6-11(7-9-15)12-4-3-5-13(14)10-12/h3-6,10H,2,7-9H2,1H3. The molecule has 2 heteroatoms. The minimum Gasteiger partial charge on any atom is -0.300 e. The summed E-state index contributed by atoms with van der Waals surface area (Å²) in [6, 6.07) is 8.57. The number of nitrogens with zero attached hydrogens (tertiary/aromatic N) is 1. The van der Waals surface area contributed by atoms with E-state index in [-0.39, 0.29) is 0 Å². The third kappa shape index (κ3) is 2.70. The molecule has 1 aromatic carbocycles. The van der Waals surface area contributed by atoms with E-state index >= 15 is 0 Å². The van der Waals surface area contributed by atoms with Crippen molar-refractivity contribution in [3.63, 3.8) is 0 Å². The highest BCUT2D eigenvalue weighted by Crippen LogP contribution is 2.24. The summed E-state index contributed by atoms with van der Waals surface area (Å²) in [6.45, 7) is 5.66. The molecule has 0 saturated heterocycles. The molecule has 0 spiro atoms. The second-order valence-corrected chi connectivity index (χ2v) is 4.80. The van der Waals surface area contributed by atoms with Crippen LogP contribution in [0.1, 0.15) is 18.9 Å². The quantitative estimate of drug-likeness (QED) is 0.791. The van der Waals surface area contributed by atoms with Gasteiger partial charge < -0.3 is 0 Å². The number of hydrogen-bond donors (Lipinski definition) is 0. The monoisotopic (exact) mass is 265 g/mol. The summed E-state index contributed by atoms with van der Waals surface area (Å²) >= 11 is 3.52.